The van der Waals surface area contributed by atoms with Gasteiger partial charge in [-0.15, -0.1) is 0 Å². The second kappa shape index (κ2) is 3.93. The molecule has 15 heavy (non-hydrogen) atoms. The number of carbonyl (C=O) groups excluding carboxylic acids is 1. The lowest BCUT2D eigenvalue weighted by Crippen LogP contribution is -1.99. The summed E-state index contributed by atoms with van der Waals surface area (Å²) in [6.45, 7) is 2.07. The summed E-state index contributed by atoms with van der Waals surface area (Å²) in [5.41, 5.74) is 1.56. The highest BCUT2D eigenvalue weighted by Crippen LogP contribution is 2.39. The third kappa shape index (κ3) is 1.58. The smallest absolute Gasteiger partial charge is 0.339 e. The predicted molar refractivity (Wildman–Crippen MR) is 56.1 cm³/mol. The van der Waals surface area contributed by atoms with Gasteiger partial charge in [0.1, 0.15) is 11.9 Å². The second-order valence-electron chi connectivity index (χ2n) is 3.60. The molecule has 1 unspecified atom stereocenters. The van der Waals surface area contributed by atoms with Crippen LogP contribution in [0.1, 0.15) is 41.8 Å². The van der Waals surface area contributed by atoms with Gasteiger partial charge in [0.15, 0.2) is 0 Å². The van der Waals surface area contributed by atoms with Gasteiger partial charge in [0.05, 0.1) is 12.7 Å². The summed E-state index contributed by atoms with van der Waals surface area (Å²) in [5, 5.41) is 0. The summed E-state index contributed by atoms with van der Waals surface area (Å²) in [7, 11) is 1.61. The van der Waals surface area contributed by atoms with E-state index in [-0.39, 0.29) is 12.1 Å². The molecule has 1 heterocycles. The van der Waals surface area contributed by atoms with E-state index >= 15 is 0 Å². The molecule has 1 atom stereocenters. The Kier molecular flexibility index (Phi) is 2.62. The van der Waals surface area contributed by atoms with Crippen molar-refractivity contribution < 1.29 is 14.3 Å². The Labute approximate surface area is 89.0 Å². The van der Waals surface area contributed by atoms with E-state index in [2.05, 4.69) is 6.92 Å². The number of hydrogen-bond acceptors (Lipinski definition) is 3. The lowest BCUT2D eigenvalue weighted by atomic mass is 10.0. The highest BCUT2D eigenvalue weighted by atomic mass is 16.6. The molecule has 0 aromatic heterocycles. The van der Waals surface area contributed by atoms with Crippen LogP contribution in [0.3, 0.4) is 0 Å². The average molecular weight is 206 g/mol. The van der Waals surface area contributed by atoms with Gasteiger partial charge in [0.2, 0.25) is 0 Å². The van der Waals surface area contributed by atoms with Crippen molar-refractivity contribution in [1.29, 1.82) is 0 Å². The number of carbonyl (C=O) groups is 1. The van der Waals surface area contributed by atoms with Crippen LogP contribution in [0.4, 0.5) is 0 Å². The van der Waals surface area contributed by atoms with Crippen molar-refractivity contribution in [3.05, 3.63) is 29.3 Å². The van der Waals surface area contributed by atoms with Crippen molar-refractivity contribution in [2.75, 3.05) is 7.11 Å². The number of benzene rings is 1. The van der Waals surface area contributed by atoms with Crippen molar-refractivity contribution in [2.45, 2.75) is 25.9 Å². The number of hydrogen-bond donors (Lipinski definition) is 0. The Morgan fingerprint density at radius 1 is 1.47 bits per heavy atom. The molecule has 3 heteroatoms. The van der Waals surface area contributed by atoms with Gasteiger partial charge in [0, 0.05) is 5.56 Å². The van der Waals surface area contributed by atoms with Crippen molar-refractivity contribution in [3.63, 3.8) is 0 Å². The molecule has 2 rings (SSSR count). The second-order valence-corrected chi connectivity index (χ2v) is 3.60. The van der Waals surface area contributed by atoms with Crippen LogP contribution >= 0.6 is 0 Å². The third-order valence-electron chi connectivity index (χ3n) is 2.63. The third-order valence-corrected chi connectivity index (χ3v) is 2.63. The van der Waals surface area contributed by atoms with E-state index in [0.717, 1.165) is 24.2 Å². The fourth-order valence-electron chi connectivity index (χ4n) is 1.95. The van der Waals surface area contributed by atoms with Gasteiger partial charge in [-0.05, 0) is 18.6 Å². The number of cyclic esters (lactones) is 1. The van der Waals surface area contributed by atoms with Crippen LogP contribution < -0.4 is 4.74 Å². The number of fused-ring (bicyclic) bond motifs is 1. The van der Waals surface area contributed by atoms with E-state index in [4.69, 9.17) is 9.47 Å². The Bertz CT molecular complexity index is 384. The summed E-state index contributed by atoms with van der Waals surface area (Å²) in [6.07, 6.45) is 1.70. The maximum Gasteiger partial charge on any atom is 0.339 e. The largest absolute Gasteiger partial charge is 0.496 e. The standard InChI is InChI=1S/C12H14O3/c1-3-5-10-11-8(12(13)15-10)6-4-7-9(11)14-2/h4,6-7,10H,3,5H2,1-2H3. The molecule has 0 N–H and O–H groups in total. The molecule has 1 aromatic rings. The molecule has 80 valence electrons. The van der Waals surface area contributed by atoms with Gasteiger partial charge in [-0.1, -0.05) is 19.4 Å². The van der Waals surface area contributed by atoms with E-state index < -0.39 is 0 Å². The summed E-state index contributed by atoms with van der Waals surface area (Å²) < 4.78 is 10.5. The maximum atomic E-state index is 11.5. The minimum absolute atomic E-state index is 0.131. The van der Waals surface area contributed by atoms with Gasteiger partial charge < -0.3 is 9.47 Å². The molecule has 0 bridgehead atoms. The quantitative estimate of drug-likeness (QED) is 0.713. The fourth-order valence-corrected chi connectivity index (χ4v) is 1.95. The van der Waals surface area contributed by atoms with E-state index in [0.29, 0.717) is 5.56 Å². The highest BCUT2D eigenvalue weighted by Gasteiger charge is 2.32. The van der Waals surface area contributed by atoms with E-state index in [1.807, 2.05) is 12.1 Å². The molecule has 1 aliphatic rings. The van der Waals surface area contributed by atoms with Crippen LogP contribution in [0.2, 0.25) is 0 Å². The topological polar surface area (TPSA) is 35.5 Å². The molecule has 0 aliphatic carbocycles. The Morgan fingerprint density at radius 3 is 2.93 bits per heavy atom. The van der Waals surface area contributed by atoms with Crippen molar-refractivity contribution in [2.24, 2.45) is 0 Å². The first-order valence-electron chi connectivity index (χ1n) is 5.15. The lowest BCUT2D eigenvalue weighted by molar-refractivity contribution is 0.0365. The molecule has 0 fully saturated rings. The number of esters is 1. The van der Waals surface area contributed by atoms with Gasteiger partial charge in [-0.2, -0.15) is 0 Å². The van der Waals surface area contributed by atoms with Crippen LogP contribution in [0.15, 0.2) is 18.2 Å². The predicted octanol–water partition coefficient (Wildman–Crippen LogP) is 2.71. The van der Waals surface area contributed by atoms with Gasteiger partial charge in [-0.3, -0.25) is 0 Å². The average Bonchev–Trinajstić information content (AvgIpc) is 2.57. The molecule has 0 radical (unpaired) electrons. The monoisotopic (exact) mass is 206 g/mol. The number of rotatable bonds is 3. The first-order valence-corrected chi connectivity index (χ1v) is 5.15. The molecule has 0 saturated heterocycles. The van der Waals surface area contributed by atoms with Gasteiger partial charge >= 0.3 is 5.97 Å². The minimum atomic E-state index is -0.234. The minimum Gasteiger partial charge on any atom is -0.496 e. The molecule has 0 amide bonds. The SMILES string of the molecule is CCCC1OC(=O)c2cccc(OC)c21. The van der Waals surface area contributed by atoms with E-state index in [9.17, 15) is 4.79 Å². The van der Waals surface area contributed by atoms with Crippen molar-refractivity contribution >= 4 is 5.97 Å². The first kappa shape index (κ1) is 10.0. The zero-order valence-electron chi connectivity index (χ0n) is 8.95. The maximum absolute atomic E-state index is 11.5. The van der Waals surface area contributed by atoms with Crippen molar-refractivity contribution in [3.8, 4) is 5.75 Å². The molecule has 0 spiro atoms. The Hall–Kier alpha value is -1.51. The van der Waals surface area contributed by atoms with Crippen LogP contribution in [-0.2, 0) is 4.74 Å². The van der Waals surface area contributed by atoms with Gasteiger partial charge in [0.25, 0.3) is 0 Å². The molecular weight excluding hydrogens is 192 g/mol. The summed E-state index contributed by atoms with van der Waals surface area (Å²) in [5.74, 6) is 0.513. The zero-order valence-corrected chi connectivity index (χ0v) is 8.95. The van der Waals surface area contributed by atoms with Crippen LogP contribution in [0.25, 0.3) is 0 Å². The number of ether oxygens (including phenoxy) is 2. The number of methoxy groups -OCH3 is 1. The molecule has 0 saturated carbocycles. The normalized spacial score (nSPS) is 18.5. The first-order chi connectivity index (χ1) is 7.27. The van der Waals surface area contributed by atoms with E-state index in [1.165, 1.54) is 0 Å². The van der Waals surface area contributed by atoms with Crippen molar-refractivity contribution in [1.82, 2.24) is 0 Å². The van der Waals surface area contributed by atoms with Crippen LogP contribution in [0, 0.1) is 0 Å². The zero-order chi connectivity index (χ0) is 10.8. The molecule has 3 nitrogen and oxygen atoms in total. The van der Waals surface area contributed by atoms with Gasteiger partial charge in [-0.25, -0.2) is 4.79 Å². The fraction of sp³-hybridized carbons (Fsp3) is 0.417. The molecule has 1 aliphatic heterocycles. The van der Waals surface area contributed by atoms with E-state index in [1.54, 1.807) is 13.2 Å². The van der Waals surface area contributed by atoms with Crippen LogP contribution in [0.5, 0.6) is 5.75 Å². The summed E-state index contributed by atoms with van der Waals surface area (Å²) >= 11 is 0. The Balaban J connectivity index is 2.46. The van der Waals surface area contributed by atoms with Crippen LogP contribution in [-0.4, -0.2) is 13.1 Å². The summed E-state index contributed by atoms with van der Waals surface area (Å²) in [4.78, 5) is 11.5. The highest BCUT2D eigenvalue weighted by molar-refractivity contribution is 5.95. The lowest BCUT2D eigenvalue weighted by Gasteiger charge is -2.11. The summed E-state index contributed by atoms with van der Waals surface area (Å²) in [6, 6.07) is 5.46. The Morgan fingerprint density at radius 2 is 2.27 bits per heavy atom. The molecule has 1 aromatic carbocycles. The molecular formula is C12H14O3.